The number of nitro groups is 1. The second-order valence-electron chi connectivity index (χ2n) is 5.78. The Morgan fingerprint density at radius 2 is 2.10 bits per heavy atom. The standard InChI is InChI=1S/C18H15BrN6O4/c1-29-16-7-2-12(8-14(16)10-24-11-20-18(23-24)25(27)28)9-21-22-17(26)13-3-5-15(19)6-4-13/h2-9,11H,10H2,1H3,(H,22,26)/b21-9-. The monoisotopic (exact) mass is 458 g/mol. The molecule has 2 aromatic carbocycles. The minimum absolute atomic E-state index is 0.219. The van der Waals surface area contributed by atoms with Crippen LogP contribution in [0.5, 0.6) is 5.75 Å². The SMILES string of the molecule is COc1ccc(/C=N\NC(=O)c2ccc(Br)cc2)cc1Cn1cnc([N+](=O)[O-])n1. The van der Waals surface area contributed by atoms with Crippen molar-refractivity contribution in [3.05, 3.63) is 80.1 Å². The van der Waals surface area contributed by atoms with Crippen molar-refractivity contribution < 1.29 is 14.5 Å². The number of carbonyl (C=O) groups is 1. The lowest BCUT2D eigenvalue weighted by atomic mass is 10.1. The summed E-state index contributed by atoms with van der Waals surface area (Å²) in [5, 5.41) is 18.5. The second-order valence-corrected chi connectivity index (χ2v) is 6.69. The Kier molecular flexibility index (Phi) is 6.29. The molecular formula is C18H15BrN6O4. The first-order valence-electron chi connectivity index (χ1n) is 8.26. The topological polar surface area (TPSA) is 125 Å². The molecule has 3 rings (SSSR count). The zero-order valence-corrected chi connectivity index (χ0v) is 16.7. The Bertz CT molecular complexity index is 1060. The first-order valence-corrected chi connectivity index (χ1v) is 9.05. The van der Waals surface area contributed by atoms with Crippen LogP contribution < -0.4 is 10.2 Å². The van der Waals surface area contributed by atoms with E-state index in [0.29, 0.717) is 16.9 Å². The van der Waals surface area contributed by atoms with Gasteiger partial charge < -0.3 is 14.9 Å². The highest BCUT2D eigenvalue weighted by atomic mass is 79.9. The van der Waals surface area contributed by atoms with E-state index in [0.717, 1.165) is 10.0 Å². The van der Waals surface area contributed by atoms with E-state index >= 15 is 0 Å². The molecule has 10 nitrogen and oxygen atoms in total. The molecule has 1 N–H and O–H groups in total. The number of ether oxygens (including phenoxy) is 1. The molecule has 1 aromatic heterocycles. The molecule has 0 fully saturated rings. The number of nitrogens with one attached hydrogen (secondary N) is 1. The van der Waals surface area contributed by atoms with Crippen molar-refractivity contribution in [3.63, 3.8) is 0 Å². The van der Waals surface area contributed by atoms with Crippen LogP contribution in [0.1, 0.15) is 21.5 Å². The highest BCUT2D eigenvalue weighted by Crippen LogP contribution is 2.20. The molecule has 0 saturated carbocycles. The number of benzene rings is 2. The summed E-state index contributed by atoms with van der Waals surface area (Å²) in [6.07, 6.45) is 2.76. The Morgan fingerprint density at radius 3 is 2.76 bits per heavy atom. The van der Waals surface area contributed by atoms with Gasteiger partial charge in [-0.25, -0.2) is 5.43 Å². The van der Waals surface area contributed by atoms with E-state index < -0.39 is 10.9 Å². The van der Waals surface area contributed by atoms with Gasteiger partial charge in [-0.05, 0) is 53.0 Å². The number of rotatable bonds is 7. The normalized spacial score (nSPS) is 10.8. The molecule has 1 amide bonds. The zero-order valence-electron chi connectivity index (χ0n) is 15.2. The molecule has 0 aliphatic rings. The van der Waals surface area contributed by atoms with E-state index in [1.807, 2.05) is 0 Å². The van der Waals surface area contributed by atoms with Crippen molar-refractivity contribution in [1.82, 2.24) is 20.2 Å². The summed E-state index contributed by atoms with van der Waals surface area (Å²) in [6, 6.07) is 12.2. The highest BCUT2D eigenvalue weighted by Gasteiger charge is 2.15. The number of hydrogen-bond acceptors (Lipinski definition) is 7. The Morgan fingerprint density at radius 1 is 1.34 bits per heavy atom. The van der Waals surface area contributed by atoms with Crippen LogP contribution in [0.4, 0.5) is 5.95 Å². The van der Waals surface area contributed by atoms with Crippen molar-refractivity contribution in [3.8, 4) is 5.75 Å². The predicted octanol–water partition coefficient (Wildman–Crippen LogP) is 2.77. The third-order valence-electron chi connectivity index (χ3n) is 3.81. The molecule has 0 aliphatic heterocycles. The number of amides is 1. The van der Waals surface area contributed by atoms with Crippen molar-refractivity contribution >= 4 is 34.0 Å². The maximum Gasteiger partial charge on any atom is 0.490 e. The van der Waals surface area contributed by atoms with Crippen molar-refractivity contribution in [2.45, 2.75) is 6.54 Å². The van der Waals surface area contributed by atoms with Gasteiger partial charge in [-0.2, -0.15) is 9.78 Å². The lowest BCUT2D eigenvalue weighted by molar-refractivity contribution is -0.394. The number of methoxy groups -OCH3 is 1. The van der Waals surface area contributed by atoms with Gasteiger partial charge >= 0.3 is 5.95 Å². The number of carbonyl (C=O) groups excluding carboxylic acids is 1. The number of hydrogen-bond donors (Lipinski definition) is 1. The molecule has 3 aromatic rings. The van der Waals surface area contributed by atoms with E-state index in [-0.39, 0.29) is 12.5 Å². The van der Waals surface area contributed by atoms with Gasteiger partial charge in [0.05, 0.1) is 19.9 Å². The van der Waals surface area contributed by atoms with Crippen LogP contribution in [0, 0.1) is 10.1 Å². The number of halogens is 1. The fourth-order valence-electron chi connectivity index (χ4n) is 2.45. The Balaban J connectivity index is 1.71. The van der Waals surface area contributed by atoms with Crippen LogP contribution >= 0.6 is 15.9 Å². The molecule has 0 atom stereocenters. The molecule has 0 unspecified atom stereocenters. The van der Waals surface area contributed by atoms with Gasteiger partial charge in [0.25, 0.3) is 5.91 Å². The minimum atomic E-state index is -0.662. The van der Waals surface area contributed by atoms with Crippen LogP contribution in [0.25, 0.3) is 0 Å². The van der Waals surface area contributed by atoms with E-state index in [9.17, 15) is 14.9 Å². The summed E-state index contributed by atoms with van der Waals surface area (Å²) < 4.78 is 7.54. The zero-order chi connectivity index (χ0) is 20.8. The largest absolute Gasteiger partial charge is 0.496 e. The van der Waals surface area contributed by atoms with E-state index in [1.165, 1.54) is 24.3 Å². The highest BCUT2D eigenvalue weighted by molar-refractivity contribution is 9.10. The smallest absolute Gasteiger partial charge is 0.490 e. The van der Waals surface area contributed by atoms with E-state index in [1.54, 1.807) is 42.5 Å². The summed E-state index contributed by atoms with van der Waals surface area (Å²) in [7, 11) is 1.52. The van der Waals surface area contributed by atoms with Gasteiger partial charge in [0.1, 0.15) is 5.75 Å². The number of nitrogens with zero attached hydrogens (tertiary/aromatic N) is 5. The van der Waals surface area contributed by atoms with Crippen molar-refractivity contribution in [1.29, 1.82) is 0 Å². The molecule has 0 aliphatic carbocycles. The summed E-state index contributed by atoms with van der Waals surface area (Å²) in [5.41, 5.74) is 4.36. The molecule has 0 saturated heterocycles. The molecule has 11 heteroatoms. The fraction of sp³-hybridized carbons (Fsp3) is 0.111. The quantitative estimate of drug-likeness (QED) is 0.329. The van der Waals surface area contributed by atoms with Crippen molar-refractivity contribution in [2.75, 3.05) is 7.11 Å². The average Bonchev–Trinajstić information content (AvgIpc) is 3.17. The fourth-order valence-corrected chi connectivity index (χ4v) is 2.72. The molecule has 0 radical (unpaired) electrons. The molecule has 29 heavy (non-hydrogen) atoms. The van der Waals surface area contributed by atoms with Crippen LogP contribution in [-0.4, -0.2) is 38.9 Å². The lowest BCUT2D eigenvalue weighted by Gasteiger charge is -2.08. The van der Waals surface area contributed by atoms with Gasteiger partial charge in [-0.1, -0.05) is 20.9 Å². The molecule has 0 bridgehead atoms. The Labute approximate surface area is 173 Å². The molecule has 1 heterocycles. The second kappa shape index (κ2) is 9.06. The van der Waals surface area contributed by atoms with Crippen LogP contribution in [0.3, 0.4) is 0 Å². The van der Waals surface area contributed by atoms with Crippen LogP contribution in [0.15, 0.2) is 58.4 Å². The molecule has 148 valence electrons. The lowest BCUT2D eigenvalue weighted by Crippen LogP contribution is -2.17. The summed E-state index contributed by atoms with van der Waals surface area (Å²) in [5.74, 6) is -0.228. The summed E-state index contributed by atoms with van der Waals surface area (Å²) in [4.78, 5) is 25.8. The number of aromatic nitrogens is 3. The number of hydrazone groups is 1. The van der Waals surface area contributed by atoms with Gasteiger partial charge in [-0.15, -0.1) is 0 Å². The van der Waals surface area contributed by atoms with Crippen LogP contribution in [0.2, 0.25) is 0 Å². The molecule has 0 spiro atoms. The minimum Gasteiger partial charge on any atom is -0.496 e. The first-order chi connectivity index (χ1) is 14.0. The van der Waals surface area contributed by atoms with Gasteiger partial charge in [0, 0.05) is 20.7 Å². The first kappa shape index (κ1) is 20.1. The third-order valence-corrected chi connectivity index (χ3v) is 4.34. The van der Waals surface area contributed by atoms with Gasteiger partial charge in [0.15, 0.2) is 0 Å². The van der Waals surface area contributed by atoms with E-state index in [2.05, 4.69) is 36.5 Å². The average molecular weight is 459 g/mol. The van der Waals surface area contributed by atoms with Gasteiger partial charge in [0.2, 0.25) is 6.33 Å². The van der Waals surface area contributed by atoms with Crippen molar-refractivity contribution in [2.24, 2.45) is 5.10 Å². The maximum atomic E-state index is 12.1. The Hall–Kier alpha value is -3.60. The van der Waals surface area contributed by atoms with Gasteiger partial charge in [-0.3, -0.25) is 4.79 Å². The van der Waals surface area contributed by atoms with E-state index in [4.69, 9.17) is 4.74 Å². The molecular weight excluding hydrogens is 444 g/mol. The summed E-state index contributed by atoms with van der Waals surface area (Å²) >= 11 is 3.31. The third kappa shape index (κ3) is 5.23. The summed E-state index contributed by atoms with van der Waals surface area (Å²) in [6.45, 7) is 0.219. The van der Waals surface area contributed by atoms with Crippen LogP contribution in [-0.2, 0) is 6.54 Å². The maximum absolute atomic E-state index is 12.1. The predicted molar refractivity (Wildman–Crippen MR) is 108 cm³/mol.